The van der Waals surface area contributed by atoms with Gasteiger partial charge in [0.2, 0.25) is 0 Å². The molecule has 0 spiro atoms. The normalized spacial score (nSPS) is 21.0. The summed E-state index contributed by atoms with van der Waals surface area (Å²) in [6, 6.07) is 0. The summed E-state index contributed by atoms with van der Waals surface area (Å²) >= 11 is 0. The van der Waals surface area contributed by atoms with E-state index in [4.69, 9.17) is 0 Å². The summed E-state index contributed by atoms with van der Waals surface area (Å²) in [5, 5.41) is 1.60. The van der Waals surface area contributed by atoms with Crippen LogP contribution in [0.2, 0.25) is 0 Å². The molecule has 0 aromatic rings. The monoisotopic (exact) mass is 162 g/mol. The van der Waals surface area contributed by atoms with E-state index in [9.17, 15) is 0 Å². The van der Waals surface area contributed by atoms with Crippen LogP contribution in [0.25, 0.3) is 0 Å². The Morgan fingerprint density at radius 2 is 2.36 bits per heavy atom. The zero-order chi connectivity index (χ0) is 7.68. The maximum atomic E-state index is 2.31. The first-order valence-corrected chi connectivity index (χ1v) is 5.04. The van der Waals surface area contributed by atoms with Gasteiger partial charge in [0.05, 0.1) is 0 Å². The van der Waals surface area contributed by atoms with E-state index in [-0.39, 0.29) is 0 Å². The lowest BCUT2D eigenvalue weighted by Gasteiger charge is -1.97. The maximum absolute atomic E-state index is 2.31. The van der Waals surface area contributed by atoms with Gasteiger partial charge in [0, 0.05) is 0 Å². The second kappa shape index (κ2) is 2.79. The lowest BCUT2D eigenvalue weighted by Crippen LogP contribution is -1.79. The zero-order valence-electron chi connectivity index (χ0n) is 6.67. The van der Waals surface area contributed by atoms with Crippen molar-refractivity contribution >= 4 is 14.0 Å². The van der Waals surface area contributed by atoms with Crippen molar-refractivity contribution in [3.63, 3.8) is 0 Å². The van der Waals surface area contributed by atoms with Gasteiger partial charge in [-0.25, -0.2) is 0 Å². The summed E-state index contributed by atoms with van der Waals surface area (Å²) in [6.07, 6.45) is 9.10. The summed E-state index contributed by atoms with van der Waals surface area (Å²) in [5.74, 6) is 2.31. The van der Waals surface area contributed by atoms with Crippen molar-refractivity contribution in [3.05, 3.63) is 34.7 Å². The topological polar surface area (TPSA) is 0 Å². The molecule has 0 aromatic heterocycles. The minimum Gasteiger partial charge on any atom is -0.0716 e. The molecule has 0 unspecified atom stereocenters. The zero-order valence-corrected chi connectivity index (χ0v) is 7.57. The van der Waals surface area contributed by atoms with E-state index < -0.39 is 0 Å². The molecule has 0 atom stereocenters. The van der Waals surface area contributed by atoms with Gasteiger partial charge in [-0.15, -0.1) is 0 Å². The Morgan fingerprint density at radius 3 is 3.18 bits per heavy atom. The van der Waals surface area contributed by atoms with Crippen LogP contribution in [0.5, 0.6) is 0 Å². The van der Waals surface area contributed by atoms with Crippen molar-refractivity contribution < 1.29 is 0 Å². The van der Waals surface area contributed by atoms with Crippen LogP contribution < -0.4 is 0 Å². The van der Waals surface area contributed by atoms with E-state index in [1.807, 2.05) is 0 Å². The van der Waals surface area contributed by atoms with Gasteiger partial charge in [0.15, 0.2) is 0 Å². The average Bonchev–Trinajstić information content (AvgIpc) is 2.53. The van der Waals surface area contributed by atoms with E-state index in [0.717, 1.165) is 0 Å². The van der Waals surface area contributed by atoms with Crippen LogP contribution in [0, 0.1) is 0 Å². The Bertz CT molecular complexity index is 290. The van der Waals surface area contributed by atoms with Crippen LogP contribution in [0.3, 0.4) is 0 Å². The number of allylic oxidation sites excluding steroid dienone is 6. The fourth-order valence-electron chi connectivity index (χ4n) is 1.46. The average molecular weight is 162 g/mol. The minimum absolute atomic E-state index is 1.26. The number of hydrogen-bond acceptors (Lipinski definition) is 0. The SMILES string of the molecule is CCCC1=C2C=CC=C2C=P1. The highest BCUT2D eigenvalue weighted by atomic mass is 31.1. The quantitative estimate of drug-likeness (QED) is 0.546. The highest BCUT2D eigenvalue weighted by molar-refractivity contribution is 7.44. The van der Waals surface area contributed by atoms with Crippen LogP contribution in [0.1, 0.15) is 19.8 Å². The molecule has 1 aliphatic heterocycles. The summed E-state index contributed by atoms with van der Waals surface area (Å²) < 4.78 is 0. The largest absolute Gasteiger partial charge is 0.0716 e. The molecular weight excluding hydrogens is 151 g/mol. The number of rotatable bonds is 2. The molecule has 56 valence electrons. The van der Waals surface area contributed by atoms with Gasteiger partial charge >= 0.3 is 0 Å². The molecule has 0 N–H and O–H groups in total. The van der Waals surface area contributed by atoms with Crippen LogP contribution in [0.4, 0.5) is 0 Å². The standard InChI is InChI=1S/C10H11P/c1-2-4-10-9-6-3-5-8(9)7-11-10/h3,5-7H,2,4H2,1H3. The van der Waals surface area contributed by atoms with Crippen LogP contribution >= 0.6 is 8.20 Å². The lowest BCUT2D eigenvalue weighted by molar-refractivity contribution is 0.943. The third-order valence-corrected chi connectivity index (χ3v) is 3.19. The molecule has 2 rings (SSSR count). The third kappa shape index (κ3) is 1.12. The molecule has 1 aliphatic carbocycles. The molecule has 2 aliphatic rings. The maximum Gasteiger partial charge on any atom is -0.0103 e. The van der Waals surface area contributed by atoms with E-state index in [1.54, 1.807) is 5.31 Å². The van der Waals surface area contributed by atoms with E-state index in [0.29, 0.717) is 0 Å². The summed E-state index contributed by atoms with van der Waals surface area (Å²) in [4.78, 5) is 0. The predicted octanol–water partition coefficient (Wildman–Crippen LogP) is 3.30. The Labute approximate surface area is 69.1 Å². The van der Waals surface area contributed by atoms with Gasteiger partial charge in [-0.1, -0.05) is 39.8 Å². The van der Waals surface area contributed by atoms with Crippen molar-refractivity contribution in [3.8, 4) is 0 Å². The lowest BCUT2D eigenvalue weighted by atomic mass is 10.1. The summed E-state index contributed by atoms with van der Waals surface area (Å²) in [7, 11) is 1.43. The fraction of sp³-hybridized carbons (Fsp3) is 0.300. The van der Waals surface area contributed by atoms with Crippen molar-refractivity contribution in [2.75, 3.05) is 0 Å². The van der Waals surface area contributed by atoms with Gasteiger partial charge in [0.25, 0.3) is 0 Å². The van der Waals surface area contributed by atoms with E-state index in [1.165, 1.54) is 32.2 Å². The van der Waals surface area contributed by atoms with Gasteiger partial charge in [-0.05, 0) is 28.7 Å². The van der Waals surface area contributed by atoms with Crippen molar-refractivity contribution in [2.45, 2.75) is 19.8 Å². The molecule has 11 heavy (non-hydrogen) atoms. The molecule has 0 amide bonds. The Hall–Kier alpha value is -0.610. The first-order chi connectivity index (χ1) is 5.42. The van der Waals surface area contributed by atoms with Crippen molar-refractivity contribution in [1.29, 1.82) is 0 Å². The Kier molecular flexibility index (Phi) is 1.79. The summed E-state index contributed by atoms with van der Waals surface area (Å²) in [5.41, 5.74) is 2.93. The Balaban J connectivity index is 2.32. The number of hydrogen-bond donors (Lipinski definition) is 0. The van der Waals surface area contributed by atoms with Gasteiger partial charge in [0.1, 0.15) is 0 Å². The third-order valence-electron chi connectivity index (χ3n) is 2.01. The first kappa shape index (κ1) is 7.06. The minimum atomic E-state index is 1.26. The van der Waals surface area contributed by atoms with Crippen molar-refractivity contribution in [1.82, 2.24) is 0 Å². The van der Waals surface area contributed by atoms with Crippen LogP contribution in [-0.2, 0) is 0 Å². The van der Waals surface area contributed by atoms with Gasteiger partial charge in [-0.2, -0.15) is 0 Å². The van der Waals surface area contributed by atoms with Gasteiger partial charge < -0.3 is 0 Å². The van der Waals surface area contributed by atoms with Crippen LogP contribution in [-0.4, -0.2) is 5.80 Å². The molecule has 0 nitrogen and oxygen atoms in total. The highest BCUT2D eigenvalue weighted by Crippen LogP contribution is 2.36. The van der Waals surface area contributed by atoms with Crippen LogP contribution in [0.15, 0.2) is 34.7 Å². The molecule has 1 heterocycles. The van der Waals surface area contributed by atoms with E-state index in [2.05, 4.69) is 30.9 Å². The molecular formula is C10H11P. The fourth-order valence-corrected chi connectivity index (χ4v) is 2.68. The molecule has 0 fully saturated rings. The highest BCUT2D eigenvalue weighted by Gasteiger charge is 2.13. The van der Waals surface area contributed by atoms with Gasteiger partial charge in [-0.3, -0.25) is 0 Å². The molecule has 1 heteroatoms. The smallest absolute Gasteiger partial charge is 0.0103 e. The second-order valence-electron chi connectivity index (χ2n) is 2.85. The Morgan fingerprint density at radius 1 is 1.45 bits per heavy atom. The molecule has 0 radical (unpaired) electrons. The van der Waals surface area contributed by atoms with E-state index >= 15 is 0 Å². The predicted molar refractivity (Wildman–Crippen MR) is 52.1 cm³/mol. The van der Waals surface area contributed by atoms with Crippen molar-refractivity contribution in [2.24, 2.45) is 0 Å². The molecule has 0 bridgehead atoms. The summed E-state index contributed by atoms with van der Waals surface area (Å²) in [6.45, 7) is 2.24. The first-order valence-electron chi connectivity index (χ1n) is 4.08. The number of fused-ring (bicyclic) bond motifs is 1. The molecule has 0 saturated heterocycles. The second-order valence-corrected chi connectivity index (χ2v) is 3.91. The molecule has 0 saturated carbocycles. The molecule has 0 aromatic carbocycles.